The van der Waals surface area contributed by atoms with Gasteiger partial charge >= 0.3 is 0 Å². The molecule has 3 rings (SSSR count). The van der Waals surface area contributed by atoms with Crippen LogP contribution in [0.15, 0.2) is 42.7 Å². The van der Waals surface area contributed by atoms with Gasteiger partial charge in [0, 0.05) is 25.5 Å². The van der Waals surface area contributed by atoms with E-state index in [0.29, 0.717) is 0 Å². The van der Waals surface area contributed by atoms with Crippen molar-refractivity contribution in [2.75, 3.05) is 0 Å². The van der Waals surface area contributed by atoms with Crippen molar-refractivity contribution in [1.29, 1.82) is 0 Å². The third-order valence-corrected chi connectivity index (χ3v) is 3.12. The molecular formula is C14H12N2O. The summed E-state index contributed by atoms with van der Waals surface area (Å²) in [5, 5.41) is 0. The highest BCUT2D eigenvalue weighted by Crippen LogP contribution is 2.27. The molecule has 0 spiro atoms. The molecule has 0 aliphatic carbocycles. The lowest BCUT2D eigenvalue weighted by atomic mass is 10.0. The van der Waals surface area contributed by atoms with Gasteiger partial charge in [0.2, 0.25) is 6.41 Å². The van der Waals surface area contributed by atoms with Gasteiger partial charge in [-0.2, -0.15) is 0 Å². The molecule has 84 valence electrons. The number of carbonyl (C=O) groups is 1. The topological polar surface area (TPSA) is 33.2 Å². The van der Waals surface area contributed by atoms with Crippen molar-refractivity contribution in [3.05, 3.63) is 53.9 Å². The van der Waals surface area contributed by atoms with E-state index < -0.39 is 0 Å². The van der Waals surface area contributed by atoms with Crippen LogP contribution in [-0.4, -0.2) is 16.3 Å². The van der Waals surface area contributed by atoms with Gasteiger partial charge in [-0.05, 0) is 40.5 Å². The lowest BCUT2D eigenvalue weighted by Gasteiger charge is -2.04. The molecule has 0 radical (unpaired) electrons. The van der Waals surface area contributed by atoms with Gasteiger partial charge in [-0.1, -0.05) is 12.1 Å². The minimum atomic E-state index is 0.720. The number of nitrogens with zero attached hydrogens (tertiary/aromatic N) is 2. The highest BCUT2D eigenvalue weighted by molar-refractivity contribution is 5.65. The molecule has 0 N–H and O–H groups in total. The number of benzene rings is 1. The summed E-state index contributed by atoms with van der Waals surface area (Å²) in [4.78, 5) is 16.5. The van der Waals surface area contributed by atoms with E-state index >= 15 is 0 Å². The molecule has 0 saturated carbocycles. The van der Waals surface area contributed by atoms with Crippen LogP contribution in [0.5, 0.6) is 0 Å². The molecule has 0 fully saturated rings. The lowest BCUT2D eigenvalue weighted by Crippen LogP contribution is -2.12. The molecule has 0 atom stereocenters. The molecular weight excluding hydrogens is 212 g/mol. The van der Waals surface area contributed by atoms with E-state index in [1.54, 1.807) is 17.3 Å². The Labute approximate surface area is 99.7 Å². The highest BCUT2D eigenvalue weighted by atomic mass is 16.1. The van der Waals surface area contributed by atoms with E-state index in [9.17, 15) is 4.79 Å². The third kappa shape index (κ3) is 1.80. The first-order valence-electron chi connectivity index (χ1n) is 5.58. The van der Waals surface area contributed by atoms with Crippen molar-refractivity contribution >= 4 is 6.41 Å². The van der Waals surface area contributed by atoms with Crippen molar-refractivity contribution in [2.45, 2.75) is 13.1 Å². The molecule has 1 aliphatic rings. The van der Waals surface area contributed by atoms with Gasteiger partial charge in [-0.3, -0.25) is 9.78 Å². The van der Waals surface area contributed by atoms with E-state index in [2.05, 4.69) is 23.2 Å². The Morgan fingerprint density at radius 2 is 1.76 bits per heavy atom. The maximum Gasteiger partial charge on any atom is 0.210 e. The Morgan fingerprint density at radius 3 is 2.53 bits per heavy atom. The molecule has 1 aromatic heterocycles. The zero-order valence-electron chi connectivity index (χ0n) is 9.34. The SMILES string of the molecule is O=CN1Cc2ccc(-c3ccncc3)cc2C1. The van der Waals surface area contributed by atoms with E-state index in [1.165, 1.54) is 16.7 Å². The number of carbonyl (C=O) groups excluding carboxylic acids is 1. The molecule has 0 unspecified atom stereocenters. The predicted octanol–water partition coefficient (Wildman–Crippen LogP) is 2.22. The number of pyridine rings is 1. The second-order valence-corrected chi connectivity index (χ2v) is 4.23. The first kappa shape index (κ1) is 10.0. The molecule has 1 aliphatic heterocycles. The fraction of sp³-hybridized carbons (Fsp3) is 0.143. The second kappa shape index (κ2) is 4.01. The Bertz CT molecular complexity index is 551. The van der Waals surface area contributed by atoms with Crippen LogP contribution >= 0.6 is 0 Å². The summed E-state index contributed by atoms with van der Waals surface area (Å²) >= 11 is 0. The summed E-state index contributed by atoms with van der Waals surface area (Å²) in [6.45, 7) is 1.45. The highest BCUT2D eigenvalue weighted by Gasteiger charge is 2.17. The summed E-state index contributed by atoms with van der Waals surface area (Å²) in [6, 6.07) is 10.4. The maximum atomic E-state index is 10.7. The lowest BCUT2D eigenvalue weighted by molar-refractivity contribution is -0.118. The maximum absolute atomic E-state index is 10.7. The minimum absolute atomic E-state index is 0.720. The van der Waals surface area contributed by atoms with Crippen LogP contribution in [0.25, 0.3) is 11.1 Å². The van der Waals surface area contributed by atoms with Gasteiger partial charge in [-0.15, -0.1) is 0 Å². The number of hydrogen-bond donors (Lipinski definition) is 0. The average molecular weight is 224 g/mol. The van der Waals surface area contributed by atoms with Crippen LogP contribution in [-0.2, 0) is 17.9 Å². The first-order valence-corrected chi connectivity index (χ1v) is 5.58. The minimum Gasteiger partial charge on any atom is -0.337 e. The summed E-state index contributed by atoms with van der Waals surface area (Å²) in [7, 11) is 0. The molecule has 0 saturated heterocycles. The van der Waals surface area contributed by atoms with Crippen molar-refractivity contribution in [3.8, 4) is 11.1 Å². The fourth-order valence-corrected chi connectivity index (χ4v) is 2.22. The molecule has 17 heavy (non-hydrogen) atoms. The Hall–Kier alpha value is -2.16. The predicted molar refractivity (Wildman–Crippen MR) is 65.0 cm³/mol. The fourth-order valence-electron chi connectivity index (χ4n) is 2.22. The standard InChI is InChI=1S/C14H12N2O/c17-10-16-8-13-2-1-12(7-14(13)9-16)11-3-5-15-6-4-11/h1-7,10H,8-9H2. The summed E-state index contributed by atoms with van der Waals surface area (Å²) in [6.07, 6.45) is 4.49. The van der Waals surface area contributed by atoms with Crippen LogP contribution in [0.4, 0.5) is 0 Å². The molecule has 2 aromatic rings. The van der Waals surface area contributed by atoms with Crippen molar-refractivity contribution in [3.63, 3.8) is 0 Å². The van der Waals surface area contributed by atoms with Gasteiger partial charge in [0.15, 0.2) is 0 Å². The quantitative estimate of drug-likeness (QED) is 0.733. The van der Waals surface area contributed by atoms with E-state index in [4.69, 9.17) is 0 Å². The smallest absolute Gasteiger partial charge is 0.210 e. The Kier molecular flexibility index (Phi) is 2.37. The van der Waals surface area contributed by atoms with Crippen LogP contribution in [0, 0.1) is 0 Å². The zero-order valence-corrected chi connectivity index (χ0v) is 9.34. The molecule has 2 heterocycles. The molecule has 1 amide bonds. The zero-order chi connectivity index (χ0) is 11.7. The molecule has 1 aromatic carbocycles. The Morgan fingerprint density at radius 1 is 1.00 bits per heavy atom. The number of fused-ring (bicyclic) bond motifs is 1. The molecule has 0 bridgehead atoms. The third-order valence-electron chi connectivity index (χ3n) is 3.12. The number of aromatic nitrogens is 1. The summed E-state index contributed by atoms with van der Waals surface area (Å²) in [5.74, 6) is 0. The average Bonchev–Trinajstić information content (AvgIpc) is 2.81. The van der Waals surface area contributed by atoms with E-state index in [1.807, 2.05) is 12.1 Å². The normalized spacial score (nSPS) is 13.5. The van der Waals surface area contributed by atoms with Gasteiger partial charge in [0.05, 0.1) is 0 Å². The number of hydrogen-bond acceptors (Lipinski definition) is 2. The van der Waals surface area contributed by atoms with Gasteiger partial charge < -0.3 is 4.90 Å². The van der Waals surface area contributed by atoms with Crippen LogP contribution in [0.1, 0.15) is 11.1 Å². The molecule has 3 nitrogen and oxygen atoms in total. The number of rotatable bonds is 2. The summed E-state index contributed by atoms with van der Waals surface area (Å²) in [5.41, 5.74) is 4.83. The van der Waals surface area contributed by atoms with Crippen LogP contribution in [0.2, 0.25) is 0 Å². The summed E-state index contributed by atoms with van der Waals surface area (Å²) < 4.78 is 0. The first-order chi connectivity index (χ1) is 8.36. The van der Waals surface area contributed by atoms with E-state index in [0.717, 1.165) is 25.1 Å². The van der Waals surface area contributed by atoms with Crippen molar-refractivity contribution in [1.82, 2.24) is 9.88 Å². The monoisotopic (exact) mass is 224 g/mol. The van der Waals surface area contributed by atoms with Crippen LogP contribution in [0.3, 0.4) is 0 Å². The van der Waals surface area contributed by atoms with Crippen molar-refractivity contribution < 1.29 is 4.79 Å². The van der Waals surface area contributed by atoms with Gasteiger partial charge in [0.1, 0.15) is 0 Å². The largest absolute Gasteiger partial charge is 0.337 e. The van der Waals surface area contributed by atoms with Crippen molar-refractivity contribution in [2.24, 2.45) is 0 Å². The molecule has 3 heteroatoms. The second-order valence-electron chi connectivity index (χ2n) is 4.23. The number of amides is 1. The van der Waals surface area contributed by atoms with Gasteiger partial charge in [-0.25, -0.2) is 0 Å². The van der Waals surface area contributed by atoms with Crippen LogP contribution < -0.4 is 0 Å². The van der Waals surface area contributed by atoms with Gasteiger partial charge in [0.25, 0.3) is 0 Å². The Balaban J connectivity index is 1.99. The van der Waals surface area contributed by atoms with E-state index in [-0.39, 0.29) is 0 Å².